The van der Waals surface area contributed by atoms with Crippen LogP contribution in [0.5, 0.6) is 5.75 Å². The summed E-state index contributed by atoms with van der Waals surface area (Å²) in [5, 5.41) is 6.74. The quantitative estimate of drug-likeness (QED) is 0.578. The van der Waals surface area contributed by atoms with Crippen LogP contribution in [-0.2, 0) is 27.4 Å². The third kappa shape index (κ3) is 5.09. The first-order valence-corrected chi connectivity index (χ1v) is 10.1. The molecule has 0 radical (unpaired) electrons. The molecule has 0 saturated heterocycles. The summed E-state index contributed by atoms with van der Waals surface area (Å²) in [4.78, 5) is 27.7. The topological polar surface area (TPSA) is 104 Å². The number of aryl methyl sites for hydroxylation is 1. The number of anilines is 1. The van der Waals surface area contributed by atoms with E-state index in [9.17, 15) is 9.59 Å². The minimum atomic E-state index is -0.549. The lowest BCUT2D eigenvalue weighted by atomic mass is 10.0. The number of nitrogens with zero attached hydrogens (tertiary/aromatic N) is 2. The largest absolute Gasteiger partial charge is 0.482 e. The highest BCUT2D eigenvalue weighted by Crippen LogP contribution is 2.27. The van der Waals surface area contributed by atoms with Gasteiger partial charge in [0.1, 0.15) is 5.75 Å². The number of carbonyl (C=O) groups excluding carboxylic acids is 2. The smallest absolute Gasteiger partial charge is 0.344 e. The Balaban J connectivity index is 1.27. The summed E-state index contributed by atoms with van der Waals surface area (Å²) in [6, 6.07) is 13.2. The van der Waals surface area contributed by atoms with Crippen molar-refractivity contribution in [3.8, 4) is 17.1 Å². The van der Waals surface area contributed by atoms with Crippen LogP contribution in [0.1, 0.15) is 43.2 Å². The number of hydrogen-bond donors (Lipinski definition) is 1. The van der Waals surface area contributed by atoms with Crippen LogP contribution in [0, 0.1) is 0 Å². The van der Waals surface area contributed by atoms with Gasteiger partial charge in [-0.25, -0.2) is 4.79 Å². The summed E-state index contributed by atoms with van der Waals surface area (Å²) in [7, 11) is 0. The molecule has 2 aromatic carbocycles. The van der Waals surface area contributed by atoms with Crippen molar-refractivity contribution in [3.63, 3.8) is 0 Å². The second-order valence-electron chi connectivity index (χ2n) is 7.60. The predicted octanol–water partition coefficient (Wildman–Crippen LogP) is 3.87. The Hall–Kier alpha value is -3.68. The van der Waals surface area contributed by atoms with Gasteiger partial charge in [0.2, 0.25) is 11.7 Å². The minimum Gasteiger partial charge on any atom is -0.482 e. The van der Waals surface area contributed by atoms with Crippen LogP contribution < -0.4 is 10.1 Å². The van der Waals surface area contributed by atoms with Crippen LogP contribution in [0.25, 0.3) is 11.4 Å². The molecule has 1 aliphatic rings. The number of benzene rings is 2. The molecule has 3 aromatic rings. The van der Waals surface area contributed by atoms with Gasteiger partial charge < -0.3 is 19.3 Å². The van der Waals surface area contributed by atoms with E-state index >= 15 is 0 Å². The third-order valence-electron chi connectivity index (χ3n) is 4.99. The van der Waals surface area contributed by atoms with Gasteiger partial charge in [-0.15, -0.1) is 0 Å². The lowest BCUT2D eigenvalue weighted by Gasteiger charge is -2.17. The van der Waals surface area contributed by atoms with Crippen molar-refractivity contribution in [1.82, 2.24) is 10.1 Å². The minimum absolute atomic E-state index is 0.00139. The molecule has 0 spiro atoms. The van der Waals surface area contributed by atoms with E-state index in [2.05, 4.69) is 29.3 Å². The molecule has 0 bridgehead atoms. The van der Waals surface area contributed by atoms with Crippen molar-refractivity contribution in [3.05, 3.63) is 59.5 Å². The summed E-state index contributed by atoms with van der Waals surface area (Å²) in [5.41, 5.74) is 3.81. The number of hydrogen-bond acceptors (Lipinski definition) is 7. The molecule has 8 nitrogen and oxygen atoms in total. The van der Waals surface area contributed by atoms with Gasteiger partial charge in [-0.05, 0) is 41.7 Å². The zero-order valence-corrected chi connectivity index (χ0v) is 17.4. The van der Waals surface area contributed by atoms with Crippen LogP contribution in [0.3, 0.4) is 0 Å². The molecular weight excluding hydrogens is 398 g/mol. The zero-order chi connectivity index (χ0) is 21.8. The number of nitrogens with one attached hydrogen (secondary N) is 1. The standard InChI is InChI=1S/C23H23N3O5/c1-14(2)15-3-5-16(6-4-15)23-25-21(31-26-23)12-30-22(28)13-29-18-8-9-19-17(11-18)7-10-20(27)24-19/h3-6,8-9,11,14H,7,10,12-13H2,1-2H3,(H,24,27). The maximum atomic E-state index is 12.0. The molecule has 2 heterocycles. The van der Waals surface area contributed by atoms with Crippen molar-refractivity contribution in [1.29, 1.82) is 0 Å². The molecule has 1 aliphatic heterocycles. The zero-order valence-electron chi connectivity index (χ0n) is 17.4. The van der Waals surface area contributed by atoms with E-state index in [4.69, 9.17) is 14.0 Å². The fourth-order valence-corrected chi connectivity index (χ4v) is 3.22. The fourth-order valence-electron chi connectivity index (χ4n) is 3.22. The van der Waals surface area contributed by atoms with Gasteiger partial charge in [-0.1, -0.05) is 43.3 Å². The van der Waals surface area contributed by atoms with Gasteiger partial charge in [0.25, 0.3) is 5.89 Å². The van der Waals surface area contributed by atoms with Gasteiger partial charge in [-0.3, -0.25) is 4.79 Å². The molecule has 0 atom stereocenters. The van der Waals surface area contributed by atoms with Crippen LogP contribution >= 0.6 is 0 Å². The SMILES string of the molecule is CC(C)c1ccc(-c2noc(COC(=O)COc3ccc4c(c3)CCC(=O)N4)n2)cc1. The molecule has 0 unspecified atom stereocenters. The number of fused-ring (bicyclic) bond motifs is 1. The normalized spacial score (nSPS) is 12.9. The van der Waals surface area contributed by atoms with Crippen LogP contribution in [0.2, 0.25) is 0 Å². The van der Waals surface area contributed by atoms with E-state index in [1.54, 1.807) is 12.1 Å². The Morgan fingerprint density at radius 1 is 1.16 bits per heavy atom. The summed E-state index contributed by atoms with van der Waals surface area (Å²) in [6.07, 6.45) is 1.08. The summed E-state index contributed by atoms with van der Waals surface area (Å²) in [5.74, 6) is 1.09. The van der Waals surface area contributed by atoms with Crippen LogP contribution in [0.4, 0.5) is 5.69 Å². The highest BCUT2D eigenvalue weighted by Gasteiger charge is 2.16. The summed E-state index contributed by atoms with van der Waals surface area (Å²) >= 11 is 0. The van der Waals surface area contributed by atoms with Crippen molar-refractivity contribution < 1.29 is 23.6 Å². The molecule has 0 saturated carbocycles. The maximum absolute atomic E-state index is 12.0. The Morgan fingerprint density at radius 2 is 1.97 bits per heavy atom. The maximum Gasteiger partial charge on any atom is 0.344 e. The number of carbonyl (C=O) groups is 2. The molecule has 4 rings (SSSR count). The molecule has 1 N–H and O–H groups in total. The molecule has 1 aromatic heterocycles. The van der Waals surface area contributed by atoms with E-state index in [1.807, 2.05) is 30.3 Å². The van der Waals surface area contributed by atoms with Crippen molar-refractivity contribution in [2.75, 3.05) is 11.9 Å². The average Bonchev–Trinajstić information content (AvgIpc) is 3.25. The average molecular weight is 421 g/mol. The Kier molecular flexibility index (Phi) is 5.97. The third-order valence-corrected chi connectivity index (χ3v) is 4.99. The predicted molar refractivity (Wildman–Crippen MR) is 113 cm³/mol. The monoisotopic (exact) mass is 421 g/mol. The second kappa shape index (κ2) is 8.99. The van der Waals surface area contributed by atoms with Gasteiger partial charge in [0, 0.05) is 17.7 Å². The van der Waals surface area contributed by atoms with E-state index < -0.39 is 5.97 Å². The molecule has 1 amide bonds. The van der Waals surface area contributed by atoms with E-state index in [0.29, 0.717) is 30.3 Å². The number of rotatable bonds is 7. The highest BCUT2D eigenvalue weighted by atomic mass is 16.6. The first kappa shape index (κ1) is 20.6. The molecule has 0 aliphatic carbocycles. The van der Waals surface area contributed by atoms with Crippen molar-refractivity contribution in [2.24, 2.45) is 0 Å². The van der Waals surface area contributed by atoms with E-state index in [0.717, 1.165) is 16.8 Å². The first-order valence-electron chi connectivity index (χ1n) is 10.1. The Labute approximate surface area is 179 Å². The highest BCUT2D eigenvalue weighted by molar-refractivity contribution is 5.94. The fraction of sp³-hybridized carbons (Fsp3) is 0.304. The number of ether oxygens (including phenoxy) is 2. The van der Waals surface area contributed by atoms with Crippen molar-refractivity contribution in [2.45, 2.75) is 39.2 Å². The molecule has 0 fully saturated rings. The van der Waals surface area contributed by atoms with Crippen LogP contribution in [0.15, 0.2) is 47.0 Å². The molecule has 160 valence electrons. The Bertz CT molecular complexity index is 1090. The van der Waals surface area contributed by atoms with Gasteiger partial charge in [-0.2, -0.15) is 4.98 Å². The number of esters is 1. The second-order valence-corrected chi connectivity index (χ2v) is 7.60. The summed E-state index contributed by atoms with van der Waals surface area (Å²) < 4.78 is 15.8. The molecule has 31 heavy (non-hydrogen) atoms. The number of amides is 1. The van der Waals surface area contributed by atoms with Crippen molar-refractivity contribution >= 4 is 17.6 Å². The van der Waals surface area contributed by atoms with Gasteiger partial charge >= 0.3 is 5.97 Å². The first-order chi connectivity index (χ1) is 15.0. The Morgan fingerprint density at radius 3 is 2.74 bits per heavy atom. The lowest BCUT2D eigenvalue weighted by molar-refractivity contribution is -0.148. The number of aromatic nitrogens is 2. The van der Waals surface area contributed by atoms with Crippen LogP contribution in [-0.4, -0.2) is 28.6 Å². The van der Waals surface area contributed by atoms with E-state index in [1.165, 1.54) is 5.56 Å². The van der Waals surface area contributed by atoms with Gasteiger partial charge in [0.05, 0.1) is 0 Å². The molecular formula is C23H23N3O5. The molecule has 8 heteroatoms. The van der Waals surface area contributed by atoms with Gasteiger partial charge in [0.15, 0.2) is 13.2 Å². The lowest BCUT2D eigenvalue weighted by Crippen LogP contribution is -2.19. The van der Waals surface area contributed by atoms with E-state index in [-0.39, 0.29) is 25.0 Å². The summed E-state index contributed by atoms with van der Waals surface area (Å²) in [6.45, 7) is 3.88.